The summed E-state index contributed by atoms with van der Waals surface area (Å²) in [5, 5.41) is 8.81. The third kappa shape index (κ3) is 0.626. The molecule has 0 unspecified atom stereocenters. The average Bonchev–Trinajstić information content (AvgIpc) is 1.98. The summed E-state index contributed by atoms with van der Waals surface area (Å²) in [6.07, 6.45) is 0. The van der Waals surface area contributed by atoms with Crippen molar-refractivity contribution in [3.63, 3.8) is 0 Å². The lowest BCUT2D eigenvalue weighted by atomic mass is 10.4. The number of hydrogen-bond donors (Lipinski definition) is 2. The highest BCUT2D eigenvalue weighted by molar-refractivity contribution is 7.07. The molecule has 0 atom stereocenters. The molecule has 8 heavy (non-hydrogen) atoms. The molecule has 0 aliphatic rings. The molecule has 1 heterocycles. The minimum absolute atomic E-state index is 0.0787. The summed E-state index contributed by atoms with van der Waals surface area (Å²) < 4.78 is 2.37. The predicted octanol–water partition coefficient (Wildman–Crippen LogP) is 0.450. The SMILES string of the molecule is Cc1c(O)s[nH]c1=O. The monoisotopic (exact) mass is 131 g/mol. The molecule has 0 aliphatic carbocycles. The van der Waals surface area contributed by atoms with E-state index in [1.165, 1.54) is 0 Å². The molecule has 2 N–H and O–H groups in total. The van der Waals surface area contributed by atoms with Crippen molar-refractivity contribution in [3.05, 3.63) is 15.9 Å². The lowest BCUT2D eigenvalue weighted by Gasteiger charge is -1.76. The highest BCUT2D eigenvalue weighted by atomic mass is 32.1. The topological polar surface area (TPSA) is 53.1 Å². The molecule has 0 radical (unpaired) electrons. The van der Waals surface area contributed by atoms with Gasteiger partial charge in [0.1, 0.15) is 0 Å². The smallest absolute Gasteiger partial charge is 0.264 e. The summed E-state index contributed by atoms with van der Waals surface area (Å²) >= 11 is 0.949. The van der Waals surface area contributed by atoms with Crippen LogP contribution < -0.4 is 5.56 Å². The lowest BCUT2D eigenvalue weighted by Crippen LogP contribution is -1.98. The fourth-order valence-electron chi connectivity index (χ4n) is 0.345. The third-order valence-electron chi connectivity index (χ3n) is 0.902. The minimum atomic E-state index is -0.201. The van der Waals surface area contributed by atoms with Crippen molar-refractivity contribution in [3.8, 4) is 5.06 Å². The van der Waals surface area contributed by atoms with E-state index in [9.17, 15) is 4.79 Å². The average molecular weight is 131 g/mol. The largest absolute Gasteiger partial charge is 0.498 e. The quantitative estimate of drug-likeness (QED) is 0.537. The van der Waals surface area contributed by atoms with Crippen LogP contribution in [0.3, 0.4) is 0 Å². The van der Waals surface area contributed by atoms with Gasteiger partial charge in [0, 0.05) is 0 Å². The maximum atomic E-state index is 10.4. The van der Waals surface area contributed by atoms with Crippen molar-refractivity contribution in [2.24, 2.45) is 0 Å². The molecule has 0 bridgehead atoms. The van der Waals surface area contributed by atoms with Crippen molar-refractivity contribution in [1.29, 1.82) is 0 Å². The molecule has 0 saturated carbocycles. The van der Waals surface area contributed by atoms with Crippen LogP contribution in [-0.2, 0) is 0 Å². The summed E-state index contributed by atoms with van der Waals surface area (Å²) in [6, 6.07) is 0. The van der Waals surface area contributed by atoms with E-state index < -0.39 is 0 Å². The first kappa shape index (κ1) is 5.37. The van der Waals surface area contributed by atoms with Crippen LogP contribution in [0.1, 0.15) is 5.56 Å². The van der Waals surface area contributed by atoms with Crippen LogP contribution in [0.15, 0.2) is 4.79 Å². The maximum absolute atomic E-state index is 10.4. The zero-order chi connectivity index (χ0) is 6.15. The standard InChI is InChI=1S/C4H5NO2S/c1-2-3(6)5-8-4(2)7/h7H,1H3,(H,5,6). The fraction of sp³-hybridized carbons (Fsp3) is 0.250. The van der Waals surface area contributed by atoms with Crippen LogP contribution >= 0.6 is 11.5 Å². The Bertz CT molecular complexity index is 236. The van der Waals surface area contributed by atoms with Gasteiger partial charge in [-0.15, -0.1) is 0 Å². The second kappa shape index (κ2) is 1.63. The molecule has 1 rings (SSSR count). The predicted molar refractivity (Wildman–Crippen MR) is 31.3 cm³/mol. The van der Waals surface area contributed by atoms with E-state index in [0.29, 0.717) is 5.56 Å². The molecule has 0 aliphatic heterocycles. The number of H-pyrrole nitrogens is 1. The second-order valence-electron chi connectivity index (χ2n) is 1.46. The molecule has 1 aromatic heterocycles. The first-order chi connectivity index (χ1) is 3.72. The van der Waals surface area contributed by atoms with E-state index in [0.717, 1.165) is 11.5 Å². The Hall–Kier alpha value is -0.770. The van der Waals surface area contributed by atoms with E-state index in [-0.39, 0.29) is 10.6 Å². The number of nitrogens with one attached hydrogen (secondary N) is 1. The van der Waals surface area contributed by atoms with Crippen molar-refractivity contribution < 1.29 is 5.11 Å². The summed E-state index contributed by atoms with van der Waals surface area (Å²) in [7, 11) is 0. The van der Waals surface area contributed by atoms with Crippen molar-refractivity contribution in [2.45, 2.75) is 6.92 Å². The van der Waals surface area contributed by atoms with Crippen LogP contribution in [-0.4, -0.2) is 9.48 Å². The van der Waals surface area contributed by atoms with Crippen molar-refractivity contribution in [1.82, 2.24) is 4.37 Å². The van der Waals surface area contributed by atoms with Gasteiger partial charge in [-0.05, 0) is 18.5 Å². The fourth-order valence-corrected chi connectivity index (χ4v) is 0.933. The number of hydrogen-bond acceptors (Lipinski definition) is 3. The normalized spacial score (nSPS) is 9.62. The molecular weight excluding hydrogens is 126 g/mol. The Morgan fingerprint density at radius 3 is 2.50 bits per heavy atom. The highest BCUT2D eigenvalue weighted by Gasteiger charge is 1.99. The van der Waals surface area contributed by atoms with Gasteiger partial charge in [-0.3, -0.25) is 9.17 Å². The number of aromatic nitrogens is 1. The molecule has 0 fully saturated rings. The van der Waals surface area contributed by atoms with Gasteiger partial charge >= 0.3 is 0 Å². The lowest BCUT2D eigenvalue weighted by molar-refractivity contribution is 0.486. The van der Waals surface area contributed by atoms with Gasteiger partial charge in [0.25, 0.3) is 5.56 Å². The Morgan fingerprint density at radius 1 is 1.75 bits per heavy atom. The molecule has 44 valence electrons. The maximum Gasteiger partial charge on any atom is 0.264 e. The molecule has 1 aromatic rings. The number of aromatic hydroxyl groups is 1. The van der Waals surface area contributed by atoms with Crippen LogP contribution in [0.4, 0.5) is 0 Å². The molecular formula is C4H5NO2S. The highest BCUT2D eigenvalue weighted by Crippen LogP contribution is 2.14. The van der Waals surface area contributed by atoms with Gasteiger partial charge in [0.05, 0.1) is 5.56 Å². The van der Waals surface area contributed by atoms with Crippen LogP contribution in [0, 0.1) is 6.92 Å². The Balaban J connectivity index is 3.41. The van der Waals surface area contributed by atoms with E-state index >= 15 is 0 Å². The molecule has 0 aromatic carbocycles. The van der Waals surface area contributed by atoms with Gasteiger partial charge in [-0.1, -0.05) is 0 Å². The zero-order valence-corrected chi connectivity index (χ0v) is 5.08. The van der Waals surface area contributed by atoms with Crippen molar-refractivity contribution in [2.75, 3.05) is 0 Å². The first-order valence-corrected chi connectivity index (χ1v) is 2.90. The molecule has 0 spiro atoms. The van der Waals surface area contributed by atoms with Crippen LogP contribution in [0.2, 0.25) is 0 Å². The van der Waals surface area contributed by atoms with E-state index in [2.05, 4.69) is 4.37 Å². The molecule has 0 amide bonds. The Labute approximate surface area is 49.8 Å². The molecule has 0 saturated heterocycles. The van der Waals surface area contributed by atoms with E-state index in [1.807, 2.05) is 0 Å². The third-order valence-corrected chi connectivity index (χ3v) is 1.69. The Kier molecular flexibility index (Phi) is 1.09. The van der Waals surface area contributed by atoms with E-state index in [4.69, 9.17) is 5.11 Å². The first-order valence-electron chi connectivity index (χ1n) is 2.09. The van der Waals surface area contributed by atoms with Gasteiger partial charge in [0.15, 0.2) is 5.06 Å². The van der Waals surface area contributed by atoms with E-state index in [1.54, 1.807) is 6.92 Å². The van der Waals surface area contributed by atoms with Crippen molar-refractivity contribution >= 4 is 11.5 Å². The van der Waals surface area contributed by atoms with Crippen LogP contribution in [0.25, 0.3) is 0 Å². The minimum Gasteiger partial charge on any atom is -0.498 e. The summed E-state index contributed by atoms with van der Waals surface area (Å²) in [5.74, 6) is 0. The summed E-state index contributed by atoms with van der Waals surface area (Å²) in [6.45, 7) is 1.57. The van der Waals surface area contributed by atoms with Gasteiger partial charge in [-0.2, -0.15) is 0 Å². The zero-order valence-electron chi connectivity index (χ0n) is 4.26. The summed E-state index contributed by atoms with van der Waals surface area (Å²) in [4.78, 5) is 10.4. The van der Waals surface area contributed by atoms with Gasteiger partial charge in [0.2, 0.25) is 0 Å². The van der Waals surface area contributed by atoms with Gasteiger partial charge in [-0.25, -0.2) is 0 Å². The summed E-state index contributed by atoms with van der Waals surface area (Å²) in [5.41, 5.74) is 0.197. The second-order valence-corrected chi connectivity index (χ2v) is 2.26. The molecule has 4 heteroatoms. The van der Waals surface area contributed by atoms with Crippen LogP contribution in [0.5, 0.6) is 5.06 Å². The number of aromatic amines is 1. The van der Waals surface area contributed by atoms with Gasteiger partial charge < -0.3 is 5.11 Å². The number of rotatable bonds is 0. The Morgan fingerprint density at radius 2 is 2.38 bits per heavy atom. The molecule has 3 nitrogen and oxygen atoms in total.